The summed E-state index contributed by atoms with van der Waals surface area (Å²) in [5.74, 6) is -2.44. The molecule has 0 amide bonds. The van der Waals surface area contributed by atoms with Crippen LogP contribution in [0.4, 0.5) is 0 Å². The van der Waals surface area contributed by atoms with Crippen LogP contribution < -0.4 is 0 Å². The fourth-order valence-electron chi connectivity index (χ4n) is 4.38. The van der Waals surface area contributed by atoms with Gasteiger partial charge in [0, 0.05) is 34.6 Å². The summed E-state index contributed by atoms with van der Waals surface area (Å²) >= 11 is 0. The minimum absolute atomic E-state index is 0.0459. The van der Waals surface area contributed by atoms with Crippen LogP contribution in [-0.2, 0) is 10.6 Å². The molecule has 5 heteroatoms. The molecule has 1 aliphatic rings. The van der Waals surface area contributed by atoms with E-state index in [1.165, 1.54) is 13.1 Å². The van der Waals surface area contributed by atoms with E-state index in [1.54, 1.807) is 0 Å². The Bertz CT molecular complexity index is 1060. The second kappa shape index (κ2) is 6.29. The van der Waals surface area contributed by atoms with Crippen molar-refractivity contribution in [3.05, 3.63) is 53.9 Å². The molecule has 3 aromatic rings. The van der Waals surface area contributed by atoms with Crippen LogP contribution in [0.15, 0.2) is 48.3 Å². The van der Waals surface area contributed by atoms with Crippen LogP contribution in [0.3, 0.4) is 0 Å². The van der Waals surface area contributed by atoms with Crippen molar-refractivity contribution in [3.63, 3.8) is 0 Å². The number of nitrogens with zero attached hydrogens (tertiary/aromatic N) is 1. The first-order valence-corrected chi connectivity index (χ1v) is 9.33. The highest BCUT2D eigenvalue weighted by molar-refractivity contribution is 6.04. The molecule has 0 aliphatic heterocycles. The largest absolute Gasteiger partial charge is 0.359 e. The summed E-state index contributed by atoms with van der Waals surface area (Å²) < 4.78 is 0. The quantitative estimate of drug-likeness (QED) is 0.489. The first-order valence-electron chi connectivity index (χ1n) is 9.33. The lowest BCUT2D eigenvalue weighted by atomic mass is 9.69. The van der Waals surface area contributed by atoms with Crippen molar-refractivity contribution in [3.8, 4) is 0 Å². The van der Waals surface area contributed by atoms with Gasteiger partial charge in [-0.1, -0.05) is 38.1 Å². The first-order chi connectivity index (χ1) is 12.8. The number of hydrogen-bond donors (Lipinski definition) is 3. The number of hydrogen-bond acceptors (Lipinski definition) is 4. The lowest BCUT2D eigenvalue weighted by Crippen LogP contribution is -2.40. The molecule has 0 fully saturated rings. The molecular weight excluding hydrogens is 340 g/mol. The lowest BCUT2D eigenvalue weighted by Gasteiger charge is -2.38. The Morgan fingerprint density at radius 2 is 2.04 bits per heavy atom. The molecule has 3 atom stereocenters. The molecular formula is C22H24N2O3. The highest BCUT2D eigenvalue weighted by Crippen LogP contribution is 2.44. The summed E-state index contributed by atoms with van der Waals surface area (Å²) in [6.45, 7) is 5.61. The van der Waals surface area contributed by atoms with Gasteiger partial charge in [0.1, 0.15) is 5.78 Å². The summed E-state index contributed by atoms with van der Waals surface area (Å²) in [7, 11) is 0. The van der Waals surface area contributed by atoms with E-state index in [-0.39, 0.29) is 11.7 Å². The molecule has 0 saturated heterocycles. The molecule has 0 bridgehead atoms. The Balaban J connectivity index is 1.89. The van der Waals surface area contributed by atoms with Gasteiger partial charge in [-0.15, -0.1) is 0 Å². The van der Waals surface area contributed by atoms with Gasteiger partial charge in [-0.2, -0.15) is 0 Å². The normalized spacial score (nSPS) is 23.6. The highest BCUT2D eigenvalue weighted by atomic mass is 16.5. The summed E-state index contributed by atoms with van der Waals surface area (Å²) in [5, 5.41) is 24.0. The van der Waals surface area contributed by atoms with Crippen molar-refractivity contribution in [2.24, 2.45) is 17.8 Å². The van der Waals surface area contributed by atoms with Crippen molar-refractivity contribution in [1.82, 2.24) is 9.97 Å². The molecule has 3 unspecified atom stereocenters. The highest BCUT2D eigenvalue weighted by Gasteiger charge is 2.44. The molecule has 2 aromatic heterocycles. The molecule has 2 heterocycles. The fraction of sp³-hybridized carbons (Fsp3) is 0.364. The molecule has 140 valence electrons. The van der Waals surface area contributed by atoms with Crippen LogP contribution in [0, 0.1) is 17.8 Å². The van der Waals surface area contributed by atoms with Crippen LogP contribution in [0.2, 0.25) is 0 Å². The number of aromatic nitrogens is 2. The van der Waals surface area contributed by atoms with Gasteiger partial charge in [-0.05, 0) is 36.8 Å². The topological polar surface area (TPSA) is 86.2 Å². The number of rotatable bonds is 3. The van der Waals surface area contributed by atoms with Gasteiger partial charge in [-0.25, -0.2) is 0 Å². The minimum atomic E-state index is -2.23. The van der Waals surface area contributed by atoms with E-state index in [0.717, 1.165) is 10.9 Å². The lowest BCUT2D eigenvalue weighted by molar-refractivity contribution is -0.150. The number of benzene rings is 1. The predicted molar refractivity (Wildman–Crippen MR) is 105 cm³/mol. The molecule has 4 rings (SSSR count). The summed E-state index contributed by atoms with van der Waals surface area (Å²) in [4.78, 5) is 20.0. The zero-order valence-electron chi connectivity index (χ0n) is 15.7. The molecule has 1 aliphatic carbocycles. The number of fused-ring (bicyclic) bond motifs is 3. The second-order valence-electron chi connectivity index (χ2n) is 7.76. The Kier molecular flexibility index (Phi) is 4.17. The van der Waals surface area contributed by atoms with Gasteiger partial charge in [0.15, 0.2) is 0 Å². The third-order valence-electron chi connectivity index (χ3n) is 6.11. The maximum atomic E-state index is 12.3. The predicted octanol–water partition coefficient (Wildman–Crippen LogP) is 3.66. The Morgan fingerprint density at radius 3 is 2.78 bits per heavy atom. The van der Waals surface area contributed by atoms with Gasteiger partial charge in [0.05, 0.1) is 11.0 Å². The number of allylic oxidation sites excluding steroid dienone is 1. The van der Waals surface area contributed by atoms with E-state index in [9.17, 15) is 15.0 Å². The first kappa shape index (κ1) is 17.9. The van der Waals surface area contributed by atoms with Crippen molar-refractivity contribution < 1.29 is 15.0 Å². The van der Waals surface area contributed by atoms with Crippen LogP contribution in [0.1, 0.15) is 32.8 Å². The minimum Gasteiger partial charge on any atom is -0.359 e. The summed E-state index contributed by atoms with van der Waals surface area (Å²) in [6, 6.07) is 7.67. The number of carbonyl (C=O) groups excluding carboxylic acids is 1. The van der Waals surface area contributed by atoms with E-state index in [4.69, 9.17) is 0 Å². The van der Waals surface area contributed by atoms with Crippen molar-refractivity contribution in [2.45, 2.75) is 33.0 Å². The Morgan fingerprint density at radius 1 is 1.26 bits per heavy atom. The zero-order valence-corrected chi connectivity index (χ0v) is 15.7. The number of carbonyl (C=O) groups is 1. The fourth-order valence-corrected chi connectivity index (χ4v) is 4.38. The van der Waals surface area contributed by atoms with E-state index in [0.29, 0.717) is 34.4 Å². The van der Waals surface area contributed by atoms with Crippen LogP contribution >= 0.6 is 0 Å². The van der Waals surface area contributed by atoms with Crippen molar-refractivity contribution >= 4 is 27.6 Å². The van der Waals surface area contributed by atoms with Crippen LogP contribution in [-0.4, -0.2) is 26.0 Å². The molecule has 0 spiro atoms. The van der Waals surface area contributed by atoms with Gasteiger partial charge < -0.3 is 15.2 Å². The molecule has 0 saturated carbocycles. The maximum absolute atomic E-state index is 12.3. The number of aromatic amines is 1. The number of aliphatic hydroxyl groups is 2. The smallest absolute Gasteiger partial charge is 0.216 e. The summed E-state index contributed by atoms with van der Waals surface area (Å²) in [6.07, 6.45) is 5.86. The van der Waals surface area contributed by atoms with Gasteiger partial charge in [-0.3, -0.25) is 9.78 Å². The van der Waals surface area contributed by atoms with Crippen LogP contribution in [0.25, 0.3) is 21.8 Å². The molecule has 3 N–H and O–H groups in total. The molecule has 1 aromatic carbocycles. The number of nitrogens with one attached hydrogen (secondary N) is 1. The number of ketones is 1. The molecule has 27 heavy (non-hydrogen) atoms. The van der Waals surface area contributed by atoms with E-state index in [2.05, 4.69) is 16.9 Å². The third kappa shape index (κ3) is 2.69. The molecule has 0 radical (unpaired) electrons. The Hall–Kier alpha value is -2.50. The van der Waals surface area contributed by atoms with Crippen molar-refractivity contribution in [2.75, 3.05) is 0 Å². The standard InChI is InChI=1S/C22H24N2O3/c1-12-6-9-17(19(13(12)2)14(3)25)22(26,27)18-11-24-21-16(18)8-7-15-5-4-10-23-20(15)21/h4-5,7-13,19,23,26-27H,6H2,1-3H3. The number of H-pyrrole nitrogens is 1. The molecule has 5 nitrogen and oxygen atoms in total. The van der Waals surface area contributed by atoms with E-state index in [1.807, 2.05) is 43.5 Å². The Labute approximate surface area is 157 Å². The van der Waals surface area contributed by atoms with Gasteiger partial charge in [0.2, 0.25) is 5.79 Å². The number of Topliss-reactive ketones (excluding diaryl/α,β-unsaturated/α-hetero) is 1. The van der Waals surface area contributed by atoms with Gasteiger partial charge >= 0.3 is 0 Å². The SMILES string of the molecule is CC(=O)C1C(C(O)(O)c2cnc3c2ccc2ccc[nH]c23)=CCC(C)C1C. The average Bonchev–Trinajstić information content (AvgIpc) is 3.08. The average molecular weight is 364 g/mol. The van der Waals surface area contributed by atoms with Crippen molar-refractivity contribution in [1.29, 1.82) is 0 Å². The number of pyridine rings is 1. The van der Waals surface area contributed by atoms with E-state index >= 15 is 0 Å². The van der Waals surface area contributed by atoms with Crippen LogP contribution in [0.5, 0.6) is 0 Å². The summed E-state index contributed by atoms with van der Waals surface area (Å²) in [5.41, 5.74) is 2.22. The second-order valence-corrected chi connectivity index (χ2v) is 7.76. The third-order valence-corrected chi connectivity index (χ3v) is 6.11. The van der Waals surface area contributed by atoms with E-state index < -0.39 is 11.7 Å². The van der Waals surface area contributed by atoms with Gasteiger partial charge in [0.25, 0.3) is 0 Å². The monoisotopic (exact) mass is 364 g/mol. The maximum Gasteiger partial charge on any atom is 0.216 e. The zero-order chi connectivity index (χ0) is 19.3.